The number of para-hydroxylation sites is 1. The molecule has 2 atom stereocenters. The first-order chi connectivity index (χ1) is 10.1. The molecule has 1 saturated heterocycles. The fourth-order valence-electron chi connectivity index (χ4n) is 2.75. The second-order valence-corrected chi connectivity index (χ2v) is 5.73. The molecule has 1 aliphatic heterocycles. The van der Waals surface area contributed by atoms with Crippen LogP contribution in [0.4, 0.5) is 5.69 Å². The lowest BCUT2D eigenvalue weighted by Crippen LogP contribution is -2.60. The highest BCUT2D eigenvalue weighted by atomic mass is 16.2. The van der Waals surface area contributed by atoms with E-state index in [0.717, 1.165) is 30.5 Å². The van der Waals surface area contributed by atoms with Crippen LogP contribution in [0.3, 0.4) is 0 Å². The largest absolute Gasteiger partial charge is 0.342 e. The number of carbonyl (C=O) groups is 2. The zero-order valence-electron chi connectivity index (χ0n) is 13.1. The molecule has 4 heteroatoms. The number of rotatable bonds is 5. The summed E-state index contributed by atoms with van der Waals surface area (Å²) in [5.74, 6) is 0.0706. The van der Waals surface area contributed by atoms with Gasteiger partial charge in [0.15, 0.2) is 0 Å². The summed E-state index contributed by atoms with van der Waals surface area (Å²) in [5, 5.41) is 2.84. The standard InChI is InChI=1S/C17H24N2O2/c1-4-8-13-9-6-7-10-14(13)19-11-15(20)18-16(17(19)21)12(3)5-2/h6-7,9-10,12,16H,4-5,8,11H2,1-3H3,(H,18,20). The SMILES string of the molecule is CCCc1ccccc1N1CC(=O)NC(C(C)CC)C1=O. The molecule has 2 unspecified atom stereocenters. The van der Waals surface area contributed by atoms with Gasteiger partial charge in [0, 0.05) is 5.69 Å². The van der Waals surface area contributed by atoms with E-state index in [1.54, 1.807) is 4.90 Å². The fraction of sp³-hybridized carbons (Fsp3) is 0.529. The van der Waals surface area contributed by atoms with Crippen LogP contribution in [0, 0.1) is 5.92 Å². The van der Waals surface area contributed by atoms with Crippen molar-refractivity contribution >= 4 is 17.5 Å². The van der Waals surface area contributed by atoms with E-state index >= 15 is 0 Å². The van der Waals surface area contributed by atoms with Crippen molar-refractivity contribution in [2.24, 2.45) is 5.92 Å². The number of hydrogen-bond acceptors (Lipinski definition) is 2. The Morgan fingerprint density at radius 3 is 2.67 bits per heavy atom. The molecule has 2 rings (SSSR count). The predicted octanol–water partition coefficient (Wildman–Crippen LogP) is 2.52. The molecule has 2 amide bonds. The van der Waals surface area contributed by atoms with E-state index in [2.05, 4.69) is 12.2 Å². The topological polar surface area (TPSA) is 49.4 Å². The van der Waals surface area contributed by atoms with Crippen LogP contribution in [0.15, 0.2) is 24.3 Å². The maximum atomic E-state index is 12.7. The molecule has 1 fully saturated rings. The van der Waals surface area contributed by atoms with E-state index in [4.69, 9.17) is 0 Å². The Bertz CT molecular complexity index is 527. The van der Waals surface area contributed by atoms with E-state index in [0.29, 0.717) is 0 Å². The molecule has 0 aliphatic carbocycles. The van der Waals surface area contributed by atoms with Crippen molar-refractivity contribution in [1.29, 1.82) is 0 Å². The number of piperazine rings is 1. The van der Waals surface area contributed by atoms with Gasteiger partial charge in [0.25, 0.3) is 0 Å². The van der Waals surface area contributed by atoms with Gasteiger partial charge in [-0.3, -0.25) is 9.59 Å². The van der Waals surface area contributed by atoms with Crippen LogP contribution in [-0.4, -0.2) is 24.4 Å². The van der Waals surface area contributed by atoms with Crippen LogP contribution in [0.1, 0.15) is 39.2 Å². The number of carbonyl (C=O) groups excluding carboxylic acids is 2. The molecule has 1 aromatic carbocycles. The summed E-state index contributed by atoms with van der Waals surface area (Å²) in [4.78, 5) is 26.4. The second-order valence-electron chi connectivity index (χ2n) is 5.73. The average molecular weight is 288 g/mol. The summed E-state index contributed by atoms with van der Waals surface area (Å²) < 4.78 is 0. The van der Waals surface area contributed by atoms with Crippen LogP contribution in [0.2, 0.25) is 0 Å². The molecule has 0 radical (unpaired) electrons. The third-order valence-electron chi connectivity index (χ3n) is 4.17. The van der Waals surface area contributed by atoms with Gasteiger partial charge in [0.05, 0.1) is 0 Å². The molecule has 4 nitrogen and oxygen atoms in total. The molecular formula is C17H24N2O2. The second kappa shape index (κ2) is 6.74. The van der Waals surface area contributed by atoms with E-state index < -0.39 is 6.04 Å². The van der Waals surface area contributed by atoms with Crippen LogP contribution in [-0.2, 0) is 16.0 Å². The number of amides is 2. The van der Waals surface area contributed by atoms with E-state index in [9.17, 15) is 9.59 Å². The van der Waals surface area contributed by atoms with Crippen molar-refractivity contribution in [3.8, 4) is 0 Å². The number of benzene rings is 1. The maximum absolute atomic E-state index is 12.7. The molecule has 0 bridgehead atoms. The van der Waals surface area contributed by atoms with Crippen molar-refractivity contribution in [3.05, 3.63) is 29.8 Å². The maximum Gasteiger partial charge on any atom is 0.250 e. The summed E-state index contributed by atoms with van der Waals surface area (Å²) in [6.07, 6.45) is 2.79. The summed E-state index contributed by atoms with van der Waals surface area (Å²) >= 11 is 0. The van der Waals surface area contributed by atoms with E-state index in [1.165, 1.54) is 0 Å². The molecule has 0 saturated carbocycles. The van der Waals surface area contributed by atoms with Crippen molar-refractivity contribution in [1.82, 2.24) is 5.32 Å². The minimum atomic E-state index is -0.411. The first-order valence-electron chi connectivity index (χ1n) is 7.77. The zero-order chi connectivity index (χ0) is 15.4. The lowest BCUT2D eigenvalue weighted by atomic mass is 9.95. The lowest BCUT2D eigenvalue weighted by Gasteiger charge is -2.36. The molecule has 1 aromatic rings. The Morgan fingerprint density at radius 1 is 1.29 bits per heavy atom. The normalized spacial score (nSPS) is 20.3. The smallest absolute Gasteiger partial charge is 0.250 e. The first-order valence-corrected chi connectivity index (χ1v) is 7.77. The summed E-state index contributed by atoms with van der Waals surface area (Å²) in [7, 11) is 0. The lowest BCUT2D eigenvalue weighted by molar-refractivity contribution is -0.132. The highest BCUT2D eigenvalue weighted by Crippen LogP contribution is 2.25. The highest BCUT2D eigenvalue weighted by Gasteiger charge is 2.36. The molecule has 0 aromatic heterocycles. The van der Waals surface area contributed by atoms with Crippen molar-refractivity contribution < 1.29 is 9.59 Å². The minimum Gasteiger partial charge on any atom is -0.342 e. The van der Waals surface area contributed by atoms with Gasteiger partial charge in [0.2, 0.25) is 11.8 Å². The third-order valence-corrected chi connectivity index (χ3v) is 4.17. The van der Waals surface area contributed by atoms with Crippen LogP contribution in [0.5, 0.6) is 0 Å². The van der Waals surface area contributed by atoms with Gasteiger partial charge in [-0.25, -0.2) is 0 Å². The van der Waals surface area contributed by atoms with Crippen LogP contribution >= 0.6 is 0 Å². The van der Waals surface area contributed by atoms with E-state index in [-0.39, 0.29) is 24.3 Å². The number of hydrogen-bond donors (Lipinski definition) is 1. The van der Waals surface area contributed by atoms with Gasteiger partial charge < -0.3 is 10.2 Å². The Morgan fingerprint density at radius 2 is 2.00 bits per heavy atom. The van der Waals surface area contributed by atoms with Crippen molar-refractivity contribution in [2.75, 3.05) is 11.4 Å². The molecule has 0 spiro atoms. The molecule has 1 heterocycles. The Labute approximate surface area is 126 Å². The Kier molecular flexibility index (Phi) is 4.99. The average Bonchev–Trinajstić information content (AvgIpc) is 2.49. The van der Waals surface area contributed by atoms with Gasteiger partial charge in [0.1, 0.15) is 12.6 Å². The van der Waals surface area contributed by atoms with Gasteiger partial charge in [-0.05, 0) is 24.0 Å². The Balaban J connectivity index is 2.34. The predicted molar refractivity (Wildman–Crippen MR) is 84.2 cm³/mol. The molecule has 1 N–H and O–H groups in total. The van der Waals surface area contributed by atoms with Crippen LogP contribution in [0.25, 0.3) is 0 Å². The van der Waals surface area contributed by atoms with Crippen LogP contribution < -0.4 is 10.2 Å². The summed E-state index contributed by atoms with van der Waals surface area (Å²) in [6, 6.07) is 7.47. The number of aryl methyl sites for hydroxylation is 1. The van der Waals surface area contributed by atoms with Crippen molar-refractivity contribution in [3.63, 3.8) is 0 Å². The van der Waals surface area contributed by atoms with Gasteiger partial charge in [-0.1, -0.05) is 51.8 Å². The van der Waals surface area contributed by atoms with Gasteiger partial charge >= 0.3 is 0 Å². The molecule has 114 valence electrons. The monoisotopic (exact) mass is 288 g/mol. The summed E-state index contributed by atoms with van der Waals surface area (Å²) in [6.45, 7) is 6.27. The van der Waals surface area contributed by atoms with E-state index in [1.807, 2.05) is 38.1 Å². The number of anilines is 1. The van der Waals surface area contributed by atoms with Crippen molar-refractivity contribution in [2.45, 2.75) is 46.1 Å². The Hall–Kier alpha value is -1.84. The fourth-order valence-corrected chi connectivity index (χ4v) is 2.75. The first kappa shape index (κ1) is 15.5. The number of nitrogens with one attached hydrogen (secondary N) is 1. The van der Waals surface area contributed by atoms with Gasteiger partial charge in [-0.15, -0.1) is 0 Å². The zero-order valence-corrected chi connectivity index (χ0v) is 13.1. The third kappa shape index (κ3) is 3.26. The quantitative estimate of drug-likeness (QED) is 0.905. The molecule has 1 aliphatic rings. The highest BCUT2D eigenvalue weighted by molar-refractivity contribution is 6.07. The molecular weight excluding hydrogens is 264 g/mol. The minimum absolute atomic E-state index is 0.00695. The number of nitrogens with zero attached hydrogens (tertiary/aromatic N) is 1. The summed E-state index contributed by atoms with van der Waals surface area (Å²) in [5.41, 5.74) is 2.01. The molecule has 21 heavy (non-hydrogen) atoms. The van der Waals surface area contributed by atoms with Gasteiger partial charge in [-0.2, -0.15) is 0 Å².